The first-order valence-electron chi connectivity index (χ1n) is 10.6. The number of benzene rings is 1. The molecule has 2 heterocycles. The number of hydrogen-bond acceptors (Lipinski definition) is 6. The number of methoxy groups -OCH3 is 2. The average molecular weight is 428 g/mol. The minimum absolute atomic E-state index is 0.215. The molecule has 0 saturated heterocycles. The van der Waals surface area contributed by atoms with Crippen molar-refractivity contribution in [2.75, 3.05) is 14.2 Å². The molecule has 0 radical (unpaired) electrons. The summed E-state index contributed by atoms with van der Waals surface area (Å²) in [5.41, 5.74) is 1.67. The van der Waals surface area contributed by atoms with Crippen LogP contribution in [0.2, 0.25) is 0 Å². The number of aromatic amines is 1. The molecule has 0 bridgehead atoms. The Morgan fingerprint density at radius 3 is 2.70 bits per heavy atom. The average Bonchev–Trinajstić information content (AvgIpc) is 3.01. The minimum Gasteiger partial charge on any atom is -0.497 e. The van der Waals surface area contributed by atoms with Crippen LogP contribution >= 0.6 is 11.8 Å². The van der Waals surface area contributed by atoms with Crippen LogP contribution in [-0.4, -0.2) is 33.7 Å². The van der Waals surface area contributed by atoms with E-state index in [4.69, 9.17) is 19.9 Å². The SMILES string of the molecule is COc1ccc(OC)c(Sc2nc3c([nH]2)c(=N)ncn3CCC2CCCCCC2)c1. The van der Waals surface area contributed by atoms with Crippen LogP contribution in [0.3, 0.4) is 0 Å². The van der Waals surface area contributed by atoms with Gasteiger partial charge in [0.2, 0.25) is 0 Å². The van der Waals surface area contributed by atoms with E-state index in [1.807, 2.05) is 18.2 Å². The smallest absolute Gasteiger partial charge is 0.173 e. The van der Waals surface area contributed by atoms with E-state index in [1.165, 1.54) is 50.3 Å². The van der Waals surface area contributed by atoms with Crippen molar-refractivity contribution in [3.05, 3.63) is 30.0 Å². The van der Waals surface area contributed by atoms with Gasteiger partial charge in [0.15, 0.2) is 16.3 Å². The van der Waals surface area contributed by atoms with Crippen LogP contribution < -0.4 is 15.0 Å². The molecule has 0 amide bonds. The monoisotopic (exact) mass is 427 g/mol. The molecule has 1 aromatic carbocycles. The summed E-state index contributed by atoms with van der Waals surface area (Å²) >= 11 is 1.46. The Hall–Kier alpha value is -2.48. The molecule has 3 aromatic rings. The van der Waals surface area contributed by atoms with E-state index in [2.05, 4.69) is 14.5 Å². The molecule has 7 nitrogen and oxygen atoms in total. The number of aromatic nitrogens is 4. The summed E-state index contributed by atoms with van der Waals surface area (Å²) in [4.78, 5) is 13.2. The Kier molecular flexibility index (Phi) is 6.62. The molecule has 2 N–H and O–H groups in total. The molecule has 1 aliphatic carbocycles. The van der Waals surface area contributed by atoms with Gasteiger partial charge in [-0.3, -0.25) is 5.41 Å². The third kappa shape index (κ3) is 4.64. The van der Waals surface area contributed by atoms with Crippen LogP contribution in [0.1, 0.15) is 44.9 Å². The predicted octanol–water partition coefficient (Wildman–Crippen LogP) is 4.77. The van der Waals surface area contributed by atoms with Crippen LogP contribution in [0.4, 0.5) is 0 Å². The number of aryl methyl sites for hydroxylation is 1. The topological polar surface area (TPSA) is 88.8 Å². The van der Waals surface area contributed by atoms with E-state index in [1.54, 1.807) is 20.5 Å². The fraction of sp³-hybridized carbons (Fsp3) is 0.500. The molecule has 8 heteroatoms. The number of imidazole rings is 1. The zero-order chi connectivity index (χ0) is 20.9. The normalized spacial score (nSPS) is 15.3. The lowest BCUT2D eigenvalue weighted by molar-refractivity contribution is 0.394. The number of ether oxygens (including phenoxy) is 2. The molecule has 0 unspecified atom stereocenters. The first-order valence-corrected chi connectivity index (χ1v) is 11.4. The highest BCUT2D eigenvalue weighted by Gasteiger charge is 2.16. The second kappa shape index (κ2) is 9.55. The largest absolute Gasteiger partial charge is 0.497 e. The summed E-state index contributed by atoms with van der Waals surface area (Å²) in [7, 11) is 3.30. The molecule has 0 aliphatic heterocycles. The lowest BCUT2D eigenvalue weighted by atomic mass is 9.97. The van der Waals surface area contributed by atoms with E-state index in [-0.39, 0.29) is 5.49 Å². The summed E-state index contributed by atoms with van der Waals surface area (Å²) in [6, 6.07) is 5.68. The Morgan fingerprint density at radius 2 is 1.97 bits per heavy atom. The van der Waals surface area contributed by atoms with Crippen molar-refractivity contribution in [1.29, 1.82) is 5.41 Å². The third-order valence-corrected chi connectivity index (χ3v) is 6.75. The molecule has 4 rings (SSSR count). The summed E-state index contributed by atoms with van der Waals surface area (Å²) in [5.74, 6) is 2.29. The van der Waals surface area contributed by atoms with Gasteiger partial charge in [-0.2, -0.15) is 0 Å². The fourth-order valence-corrected chi connectivity index (χ4v) is 5.04. The van der Waals surface area contributed by atoms with Crippen LogP contribution in [0, 0.1) is 11.3 Å². The maximum atomic E-state index is 8.20. The summed E-state index contributed by atoms with van der Waals surface area (Å²) in [5, 5.41) is 8.91. The van der Waals surface area contributed by atoms with Crippen molar-refractivity contribution in [3.8, 4) is 11.5 Å². The second-order valence-electron chi connectivity index (χ2n) is 7.79. The van der Waals surface area contributed by atoms with Crippen molar-refractivity contribution in [2.45, 2.75) is 61.5 Å². The zero-order valence-corrected chi connectivity index (χ0v) is 18.4. The van der Waals surface area contributed by atoms with Crippen LogP contribution in [0.15, 0.2) is 34.6 Å². The number of H-pyrrole nitrogens is 1. The highest BCUT2D eigenvalue weighted by atomic mass is 32.2. The van der Waals surface area contributed by atoms with E-state index < -0.39 is 0 Å². The lowest BCUT2D eigenvalue weighted by Gasteiger charge is -2.15. The first kappa shape index (κ1) is 20.8. The highest BCUT2D eigenvalue weighted by Crippen LogP contribution is 2.36. The molecule has 1 saturated carbocycles. The molecule has 1 fully saturated rings. The van der Waals surface area contributed by atoms with Crippen LogP contribution in [0.5, 0.6) is 11.5 Å². The van der Waals surface area contributed by atoms with Gasteiger partial charge in [-0.15, -0.1) is 0 Å². The fourth-order valence-electron chi connectivity index (χ4n) is 4.12. The molecule has 30 heavy (non-hydrogen) atoms. The van der Waals surface area contributed by atoms with E-state index in [0.29, 0.717) is 10.7 Å². The van der Waals surface area contributed by atoms with E-state index in [0.717, 1.165) is 40.9 Å². The molecular weight excluding hydrogens is 398 g/mol. The van der Waals surface area contributed by atoms with Gasteiger partial charge in [0.25, 0.3) is 0 Å². The zero-order valence-electron chi connectivity index (χ0n) is 17.6. The van der Waals surface area contributed by atoms with Gasteiger partial charge >= 0.3 is 0 Å². The van der Waals surface area contributed by atoms with Crippen molar-refractivity contribution in [3.63, 3.8) is 0 Å². The first-order chi connectivity index (χ1) is 14.7. The van der Waals surface area contributed by atoms with Gasteiger partial charge in [0, 0.05) is 6.54 Å². The molecule has 0 spiro atoms. The number of hydrogen-bond donors (Lipinski definition) is 2. The maximum Gasteiger partial charge on any atom is 0.173 e. The number of fused-ring (bicyclic) bond motifs is 1. The van der Waals surface area contributed by atoms with Crippen LogP contribution in [0.25, 0.3) is 11.2 Å². The van der Waals surface area contributed by atoms with Gasteiger partial charge in [-0.1, -0.05) is 38.5 Å². The van der Waals surface area contributed by atoms with Crippen molar-refractivity contribution < 1.29 is 9.47 Å². The van der Waals surface area contributed by atoms with Crippen LogP contribution in [-0.2, 0) is 6.54 Å². The Balaban J connectivity index is 1.58. The lowest BCUT2D eigenvalue weighted by Crippen LogP contribution is -2.14. The standard InChI is InChI=1S/C22H29N5O2S/c1-28-16-9-10-17(29-2)18(13-16)30-22-25-19-20(23)24-14-27(21(19)26-22)12-11-15-7-5-3-4-6-8-15/h9-10,13-15,23H,3-8,11-12H2,1-2H3,(H,25,26). The number of rotatable bonds is 7. The summed E-state index contributed by atoms with van der Waals surface area (Å²) < 4.78 is 12.9. The van der Waals surface area contributed by atoms with Gasteiger partial charge in [-0.25, -0.2) is 9.97 Å². The molecule has 0 atom stereocenters. The highest BCUT2D eigenvalue weighted by molar-refractivity contribution is 7.99. The van der Waals surface area contributed by atoms with Crippen molar-refractivity contribution in [1.82, 2.24) is 19.5 Å². The van der Waals surface area contributed by atoms with Crippen molar-refractivity contribution in [2.24, 2.45) is 5.92 Å². The Bertz CT molecular complexity index is 1050. The molecule has 1 aliphatic rings. The molecule has 160 valence electrons. The third-order valence-electron chi connectivity index (χ3n) is 5.83. The quantitative estimate of drug-likeness (QED) is 0.530. The summed E-state index contributed by atoms with van der Waals surface area (Å²) in [6.45, 7) is 0.881. The van der Waals surface area contributed by atoms with Gasteiger partial charge in [0.05, 0.1) is 25.4 Å². The number of nitrogens with one attached hydrogen (secondary N) is 2. The van der Waals surface area contributed by atoms with Gasteiger partial charge < -0.3 is 19.0 Å². The summed E-state index contributed by atoms with van der Waals surface area (Å²) in [6.07, 6.45) is 11.0. The Labute approximate surface area is 180 Å². The molecule has 2 aromatic heterocycles. The van der Waals surface area contributed by atoms with Crippen molar-refractivity contribution >= 4 is 22.9 Å². The maximum absolute atomic E-state index is 8.20. The number of nitrogens with zero attached hydrogens (tertiary/aromatic N) is 3. The Morgan fingerprint density at radius 1 is 1.17 bits per heavy atom. The minimum atomic E-state index is 0.215. The van der Waals surface area contributed by atoms with Gasteiger partial charge in [-0.05, 0) is 42.3 Å². The second-order valence-corrected chi connectivity index (χ2v) is 8.82. The van der Waals surface area contributed by atoms with E-state index in [9.17, 15) is 0 Å². The van der Waals surface area contributed by atoms with Gasteiger partial charge in [0.1, 0.15) is 17.0 Å². The van der Waals surface area contributed by atoms with E-state index >= 15 is 0 Å². The molecular formula is C22H29N5O2S. The predicted molar refractivity (Wildman–Crippen MR) is 117 cm³/mol.